The molecule has 0 aliphatic carbocycles. The Labute approximate surface area is 157 Å². The minimum absolute atomic E-state index is 0. The van der Waals surface area contributed by atoms with Gasteiger partial charge >= 0.3 is 6.09 Å². The van der Waals surface area contributed by atoms with Crippen molar-refractivity contribution in [2.75, 3.05) is 20.1 Å². The van der Waals surface area contributed by atoms with Crippen molar-refractivity contribution in [3.05, 3.63) is 35.7 Å². The molecule has 6 heteroatoms. The van der Waals surface area contributed by atoms with Crippen molar-refractivity contribution in [1.29, 1.82) is 0 Å². The number of rotatable bonds is 2. The monoisotopic (exact) mass is 363 g/mol. The summed E-state index contributed by atoms with van der Waals surface area (Å²) in [7, 11) is 1.58. The van der Waals surface area contributed by atoms with Crippen LogP contribution in [0.25, 0.3) is 5.57 Å². The van der Waals surface area contributed by atoms with E-state index in [9.17, 15) is 9.59 Å². The summed E-state index contributed by atoms with van der Waals surface area (Å²) in [5.74, 6) is -0.203. The second-order valence-electron chi connectivity index (χ2n) is 6.42. The fourth-order valence-electron chi connectivity index (χ4n) is 2.27. The number of pyridine rings is 1. The molecule has 0 aromatic carbocycles. The van der Waals surface area contributed by atoms with Gasteiger partial charge < -0.3 is 15.0 Å². The molecule has 1 N–H and O–H groups in total. The zero-order valence-corrected chi connectivity index (χ0v) is 16.0. The molecular weight excluding hydrogens is 330 g/mol. The van der Waals surface area contributed by atoms with Crippen LogP contribution in [-0.4, -0.2) is 47.6 Å². The molecule has 6 nitrogen and oxygen atoms in total. The number of ether oxygens (including phenoxy) is 1. The topological polar surface area (TPSA) is 71.5 Å². The quantitative estimate of drug-likeness (QED) is 0.857. The maximum Gasteiger partial charge on any atom is 0.410 e. The first-order valence-electron chi connectivity index (χ1n) is 8.65. The minimum atomic E-state index is -0.485. The largest absolute Gasteiger partial charge is 0.444 e. The summed E-state index contributed by atoms with van der Waals surface area (Å²) in [5.41, 5.74) is 2.01. The summed E-state index contributed by atoms with van der Waals surface area (Å²) in [6.07, 6.45) is 4.14. The number of nitrogens with one attached hydrogen (secondary N) is 1. The molecule has 2 rings (SSSR count). The zero-order valence-electron chi connectivity index (χ0n) is 16.0. The highest BCUT2D eigenvalue weighted by atomic mass is 16.6. The molecule has 0 spiro atoms. The summed E-state index contributed by atoms with van der Waals surface area (Å²) >= 11 is 0. The Hall–Kier alpha value is -2.37. The van der Waals surface area contributed by atoms with Gasteiger partial charge in [-0.1, -0.05) is 33.4 Å². The van der Waals surface area contributed by atoms with Crippen molar-refractivity contribution in [2.24, 2.45) is 0 Å². The molecular formula is C20H33N3O3. The second kappa shape index (κ2) is 10.6. The highest BCUT2D eigenvalue weighted by Gasteiger charge is 2.23. The maximum absolute atomic E-state index is 12.0. The van der Waals surface area contributed by atoms with Gasteiger partial charge in [0, 0.05) is 26.3 Å². The maximum atomic E-state index is 12.0. The first-order chi connectivity index (χ1) is 11.8. The van der Waals surface area contributed by atoms with Crippen LogP contribution in [-0.2, 0) is 4.74 Å². The Balaban J connectivity index is 0.00000201. The molecule has 0 radical (unpaired) electrons. The normalized spacial score (nSPS) is 13.5. The third-order valence-electron chi connectivity index (χ3n) is 3.45. The van der Waals surface area contributed by atoms with Crippen LogP contribution >= 0.6 is 0 Å². The van der Waals surface area contributed by atoms with E-state index < -0.39 is 5.60 Å². The molecule has 2 heterocycles. The number of amides is 2. The average Bonchev–Trinajstić information content (AvgIpc) is 2.61. The van der Waals surface area contributed by atoms with E-state index in [1.165, 1.54) is 0 Å². The fraction of sp³-hybridized carbons (Fsp3) is 0.550. The van der Waals surface area contributed by atoms with Crippen LogP contribution in [0.2, 0.25) is 0 Å². The Bertz CT molecular complexity index is 616. The Morgan fingerprint density at radius 3 is 2.31 bits per heavy atom. The Morgan fingerprint density at radius 1 is 1.23 bits per heavy atom. The van der Waals surface area contributed by atoms with E-state index in [1.807, 2.05) is 46.8 Å². The minimum Gasteiger partial charge on any atom is -0.444 e. The SMILES string of the molecule is C.CC.CNC(=O)c1ccc(C2=CCN(C(=O)OC(C)(C)C)CC2)cn1. The molecule has 0 bridgehead atoms. The third-order valence-corrected chi connectivity index (χ3v) is 3.45. The molecule has 2 amide bonds. The summed E-state index contributed by atoms with van der Waals surface area (Å²) in [6.45, 7) is 10.7. The summed E-state index contributed by atoms with van der Waals surface area (Å²) in [4.78, 5) is 29.4. The number of nitrogens with zero attached hydrogens (tertiary/aromatic N) is 2. The van der Waals surface area contributed by atoms with Gasteiger partial charge in [0.05, 0.1) is 0 Å². The van der Waals surface area contributed by atoms with Gasteiger partial charge in [-0.3, -0.25) is 9.78 Å². The standard InChI is InChI=1S/C17H23N3O3.C2H6.CH4/c1-17(2,3)23-16(22)20-9-7-12(8-10-20)13-5-6-14(19-11-13)15(21)18-4;1-2;/h5-7,11H,8-10H2,1-4H3,(H,18,21);1-2H3;1H4. The van der Waals surface area contributed by atoms with Gasteiger partial charge in [0.1, 0.15) is 11.3 Å². The van der Waals surface area contributed by atoms with E-state index in [0.29, 0.717) is 18.8 Å². The first-order valence-corrected chi connectivity index (χ1v) is 8.65. The van der Waals surface area contributed by atoms with Gasteiger partial charge in [0.2, 0.25) is 0 Å². The first kappa shape index (κ1) is 23.6. The van der Waals surface area contributed by atoms with Crippen molar-refractivity contribution in [3.8, 4) is 0 Å². The van der Waals surface area contributed by atoms with E-state index >= 15 is 0 Å². The Morgan fingerprint density at radius 2 is 1.88 bits per heavy atom. The third kappa shape index (κ3) is 6.86. The van der Waals surface area contributed by atoms with Gasteiger partial charge in [-0.15, -0.1) is 0 Å². The van der Waals surface area contributed by atoms with Gasteiger partial charge in [-0.05, 0) is 44.4 Å². The fourth-order valence-corrected chi connectivity index (χ4v) is 2.27. The van der Waals surface area contributed by atoms with E-state index in [1.54, 1.807) is 24.2 Å². The van der Waals surface area contributed by atoms with Gasteiger partial charge in [-0.25, -0.2) is 4.79 Å². The molecule has 1 aliphatic heterocycles. The van der Waals surface area contributed by atoms with Crippen LogP contribution < -0.4 is 5.32 Å². The average molecular weight is 364 g/mol. The highest BCUT2D eigenvalue weighted by Crippen LogP contribution is 2.23. The molecule has 0 atom stereocenters. The van der Waals surface area contributed by atoms with Crippen LogP contribution in [0, 0.1) is 0 Å². The van der Waals surface area contributed by atoms with E-state index in [4.69, 9.17) is 4.74 Å². The second-order valence-corrected chi connectivity index (χ2v) is 6.42. The lowest BCUT2D eigenvalue weighted by molar-refractivity contribution is 0.0270. The van der Waals surface area contributed by atoms with E-state index in [2.05, 4.69) is 10.3 Å². The predicted octanol–water partition coefficient (Wildman–Crippen LogP) is 4.13. The van der Waals surface area contributed by atoms with Crippen molar-refractivity contribution < 1.29 is 14.3 Å². The zero-order chi connectivity index (χ0) is 19.0. The molecule has 0 unspecified atom stereocenters. The van der Waals surface area contributed by atoms with Crippen LogP contribution in [0.4, 0.5) is 4.79 Å². The van der Waals surface area contributed by atoms with Crippen LogP contribution in [0.3, 0.4) is 0 Å². The number of hydrogen-bond acceptors (Lipinski definition) is 4. The van der Waals surface area contributed by atoms with E-state index in [-0.39, 0.29) is 19.4 Å². The molecule has 1 aromatic rings. The molecule has 146 valence electrons. The number of carbonyl (C=O) groups excluding carboxylic acids is 2. The molecule has 1 aromatic heterocycles. The lowest BCUT2D eigenvalue weighted by Gasteiger charge is -2.29. The van der Waals surface area contributed by atoms with Gasteiger partial charge in [0.15, 0.2) is 0 Å². The number of carbonyl (C=O) groups is 2. The van der Waals surface area contributed by atoms with Crippen molar-refractivity contribution >= 4 is 17.6 Å². The molecule has 0 saturated heterocycles. The van der Waals surface area contributed by atoms with Gasteiger partial charge in [0.25, 0.3) is 5.91 Å². The molecule has 0 saturated carbocycles. The van der Waals surface area contributed by atoms with Crippen LogP contribution in [0.1, 0.15) is 64.5 Å². The smallest absolute Gasteiger partial charge is 0.410 e. The van der Waals surface area contributed by atoms with E-state index in [0.717, 1.165) is 17.6 Å². The van der Waals surface area contributed by atoms with Gasteiger partial charge in [-0.2, -0.15) is 0 Å². The van der Waals surface area contributed by atoms with Crippen molar-refractivity contribution in [2.45, 2.75) is 54.1 Å². The molecule has 26 heavy (non-hydrogen) atoms. The van der Waals surface area contributed by atoms with Crippen LogP contribution in [0.15, 0.2) is 24.4 Å². The van der Waals surface area contributed by atoms with Crippen LogP contribution in [0.5, 0.6) is 0 Å². The van der Waals surface area contributed by atoms with Crippen molar-refractivity contribution in [3.63, 3.8) is 0 Å². The summed E-state index contributed by atoms with van der Waals surface area (Å²) < 4.78 is 5.37. The Kier molecular flexibility index (Phi) is 9.62. The lowest BCUT2D eigenvalue weighted by Crippen LogP contribution is -2.39. The molecule has 0 fully saturated rings. The molecule has 1 aliphatic rings. The van der Waals surface area contributed by atoms with Crippen molar-refractivity contribution in [1.82, 2.24) is 15.2 Å². The summed E-state index contributed by atoms with van der Waals surface area (Å²) in [5, 5.41) is 2.54. The number of aromatic nitrogens is 1. The number of hydrogen-bond donors (Lipinski definition) is 1. The lowest BCUT2D eigenvalue weighted by atomic mass is 10.0. The summed E-state index contributed by atoms with van der Waals surface area (Å²) in [6, 6.07) is 3.59. The predicted molar refractivity (Wildman–Crippen MR) is 106 cm³/mol. The highest BCUT2D eigenvalue weighted by molar-refractivity contribution is 5.92.